The highest BCUT2D eigenvalue weighted by Gasteiger charge is 2.20. The van der Waals surface area contributed by atoms with E-state index in [4.69, 9.17) is 0 Å². The maximum Gasteiger partial charge on any atom is 0.132 e. The van der Waals surface area contributed by atoms with Gasteiger partial charge in [0.2, 0.25) is 0 Å². The molecule has 1 unspecified atom stereocenters. The summed E-state index contributed by atoms with van der Waals surface area (Å²) in [6, 6.07) is 19.2. The highest BCUT2D eigenvalue weighted by atomic mass is 19.1. The van der Waals surface area contributed by atoms with E-state index in [9.17, 15) is 4.39 Å². The Hall–Kier alpha value is -3.00. The van der Waals surface area contributed by atoms with Crippen LogP contribution in [0.2, 0.25) is 0 Å². The summed E-state index contributed by atoms with van der Waals surface area (Å²) in [6.45, 7) is 2.20. The van der Waals surface area contributed by atoms with Gasteiger partial charge in [-0.05, 0) is 41.3 Å². The first-order valence-corrected chi connectivity index (χ1v) is 8.97. The summed E-state index contributed by atoms with van der Waals surface area (Å²) in [5.41, 5.74) is 5.73. The highest BCUT2D eigenvalue weighted by Crippen LogP contribution is 2.38. The Balaban J connectivity index is 1.94. The van der Waals surface area contributed by atoms with E-state index in [0.717, 1.165) is 17.6 Å². The molecule has 1 atom stereocenters. The first-order valence-electron chi connectivity index (χ1n) is 8.97. The van der Waals surface area contributed by atoms with Crippen LogP contribution in [0.1, 0.15) is 36.0 Å². The summed E-state index contributed by atoms with van der Waals surface area (Å²) in [5.74, 6) is 0.130. The standard InChI is InChI=1S/C24H20FN/c1-2-17-9-7-13-20(19-11-4-3-10-18(17)19)21-14-8-16-26-24(21)22-12-5-6-15-23(22)25/h3-17H,2H2,1H3. The molecule has 0 aliphatic heterocycles. The third kappa shape index (κ3) is 2.88. The molecule has 1 nitrogen and oxygen atoms in total. The summed E-state index contributed by atoms with van der Waals surface area (Å²) in [6.07, 6.45) is 9.24. The van der Waals surface area contributed by atoms with Crippen LogP contribution in [0.5, 0.6) is 0 Å². The summed E-state index contributed by atoms with van der Waals surface area (Å²) in [7, 11) is 0. The lowest BCUT2D eigenvalue weighted by molar-refractivity contribution is 0.630. The van der Waals surface area contributed by atoms with Gasteiger partial charge < -0.3 is 0 Å². The van der Waals surface area contributed by atoms with Gasteiger partial charge >= 0.3 is 0 Å². The van der Waals surface area contributed by atoms with Gasteiger partial charge in [0.05, 0.1) is 5.69 Å². The van der Waals surface area contributed by atoms with Crippen LogP contribution in [0.15, 0.2) is 85.1 Å². The molecule has 0 fully saturated rings. The zero-order chi connectivity index (χ0) is 17.9. The van der Waals surface area contributed by atoms with E-state index in [1.165, 1.54) is 17.2 Å². The topological polar surface area (TPSA) is 12.9 Å². The minimum Gasteiger partial charge on any atom is -0.255 e. The molecule has 1 heterocycles. The lowest BCUT2D eigenvalue weighted by Gasteiger charge is -2.18. The van der Waals surface area contributed by atoms with E-state index in [1.807, 2.05) is 18.2 Å². The number of aromatic nitrogens is 1. The summed E-state index contributed by atoms with van der Waals surface area (Å²) in [4.78, 5) is 4.52. The molecule has 3 aromatic rings. The molecule has 2 aromatic carbocycles. The number of hydrogen-bond donors (Lipinski definition) is 0. The third-order valence-electron chi connectivity index (χ3n) is 4.92. The van der Waals surface area contributed by atoms with Gasteiger partial charge in [0.25, 0.3) is 0 Å². The van der Waals surface area contributed by atoms with Gasteiger partial charge in [-0.1, -0.05) is 67.6 Å². The molecule has 0 amide bonds. The smallest absolute Gasteiger partial charge is 0.132 e. The van der Waals surface area contributed by atoms with Crippen molar-refractivity contribution < 1.29 is 4.39 Å². The Labute approximate surface area is 153 Å². The number of benzene rings is 2. The molecule has 2 heteroatoms. The van der Waals surface area contributed by atoms with E-state index in [-0.39, 0.29) is 5.82 Å². The maximum atomic E-state index is 14.4. The number of nitrogens with zero attached hydrogens (tertiary/aromatic N) is 1. The van der Waals surface area contributed by atoms with Crippen molar-refractivity contribution in [2.75, 3.05) is 0 Å². The summed E-state index contributed by atoms with van der Waals surface area (Å²) >= 11 is 0. The molecule has 0 bridgehead atoms. The van der Waals surface area contributed by atoms with E-state index in [0.29, 0.717) is 17.2 Å². The van der Waals surface area contributed by atoms with Crippen molar-refractivity contribution in [2.24, 2.45) is 0 Å². The molecular formula is C24H20FN. The van der Waals surface area contributed by atoms with Crippen molar-refractivity contribution in [1.82, 2.24) is 4.98 Å². The number of hydrogen-bond acceptors (Lipinski definition) is 1. The average Bonchev–Trinajstić information content (AvgIpc) is 2.88. The minimum absolute atomic E-state index is 0.253. The molecular weight excluding hydrogens is 321 g/mol. The van der Waals surface area contributed by atoms with Crippen molar-refractivity contribution in [3.05, 3.63) is 108 Å². The molecule has 0 saturated carbocycles. The number of pyridine rings is 1. The monoisotopic (exact) mass is 341 g/mol. The van der Waals surface area contributed by atoms with Gasteiger partial charge in [0.15, 0.2) is 0 Å². The highest BCUT2D eigenvalue weighted by molar-refractivity contribution is 5.89. The van der Waals surface area contributed by atoms with Crippen LogP contribution in [-0.2, 0) is 0 Å². The van der Waals surface area contributed by atoms with Crippen molar-refractivity contribution in [1.29, 1.82) is 0 Å². The normalized spacial score (nSPS) is 15.9. The molecule has 1 aromatic heterocycles. The maximum absolute atomic E-state index is 14.4. The fraction of sp³-hybridized carbons (Fsp3) is 0.125. The Morgan fingerprint density at radius 3 is 2.42 bits per heavy atom. The quantitative estimate of drug-likeness (QED) is 0.538. The first-order chi connectivity index (χ1) is 12.8. The van der Waals surface area contributed by atoms with Gasteiger partial charge in [-0.2, -0.15) is 0 Å². The predicted octanol–water partition coefficient (Wildman–Crippen LogP) is 6.38. The minimum atomic E-state index is -0.253. The summed E-state index contributed by atoms with van der Waals surface area (Å²) < 4.78 is 14.4. The molecule has 1 aliphatic carbocycles. The summed E-state index contributed by atoms with van der Waals surface area (Å²) in [5, 5.41) is 0. The van der Waals surface area contributed by atoms with Crippen LogP contribution in [-0.4, -0.2) is 4.98 Å². The van der Waals surface area contributed by atoms with Crippen LogP contribution in [0.3, 0.4) is 0 Å². The second-order valence-electron chi connectivity index (χ2n) is 6.45. The van der Waals surface area contributed by atoms with Gasteiger partial charge in [0, 0.05) is 23.2 Å². The van der Waals surface area contributed by atoms with Crippen molar-refractivity contribution in [2.45, 2.75) is 19.3 Å². The second-order valence-corrected chi connectivity index (χ2v) is 6.45. The second kappa shape index (κ2) is 7.09. The van der Waals surface area contributed by atoms with Gasteiger partial charge in [-0.15, -0.1) is 0 Å². The van der Waals surface area contributed by atoms with Crippen molar-refractivity contribution in [3.8, 4) is 11.3 Å². The number of halogens is 1. The molecule has 0 N–H and O–H groups in total. The zero-order valence-electron chi connectivity index (χ0n) is 14.7. The van der Waals surface area contributed by atoms with Crippen LogP contribution >= 0.6 is 0 Å². The Morgan fingerprint density at radius 1 is 0.885 bits per heavy atom. The van der Waals surface area contributed by atoms with Gasteiger partial charge in [-0.3, -0.25) is 4.98 Å². The van der Waals surface area contributed by atoms with Crippen LogP contribution in [0.25, 0.3) is 16.8 Å². The molecule has 0 radical (unpaired) electrons. The van der Waals surface area contributed by atoms with Gasteiger partial charge in [-0.25, -0.2) is 4.39 Å². The molecule has 1 aliphatic rings. The van der Waals surface area contributed by atoms with Crippen LogP contribution in [0, 0.1) is 5.82 Å². The van der Waals surface area contributed by atoms with Crippen molar-refractivity contribution >= 4 is 5.57 Å². The fourth-order valence-corrected chi connectivity index (χ4v) is 3.63. The van der Waals surface area contributed by atoms with Gasteiger partial charge in [0.1, 0.15) is 5.82 Å². The molecule has 128 valence electrons. The number of rotatable bonds is 3. The fourth-order valence-electron chi connectivity index (χ4n) is 3.63. The zero-order valence-corrected chi connectivity index (χ0v) is 14.7. The molecule has 0 spiro atoms. The van der Waals surface area contributed by atoms with E-state index in [1.54, 1.807) is 18.3 Å². The Bertz CT molecular complexity index is 1000. The van der Waals surface area contributed by atoms with Crippen LogP contribution < -0.4 is 0 Å². The molecule has 4 rings (SSSR count). The van der Waals surface area contributed by atoms with E-state index >= 15 is 0 Å². The molecule has 0 saturated heterocycles. The lowest BCUT2D eigenvalue weighted by Crippen LogP contribution is -2.01. The lowest BCUT2D eigenvalue weighted by atomic mass is 9.87. The number of fused-ring (bicyclic) bond motifs is 1. The Kier molecular flexibility index (Phi) is 4.49. The Morgan fingerprint density at radius 2 is 1.62 bits per heavy atom. The SMILES string of the molecule is CCC1C=CC=C(c2cccnc2-c2ccccc2F)c2ccccc21. The molecule has 26 heavy (non-hydrogen) atoms. The van der Waals surface area contributed by atoms with Crippen molar-refractivity contribution in [3.63, 3.8) is 0 Å². The van der Waals surface area contributed by atoms with Crippen LogP contribution in [0.4, 0.5) is 4.39 Å². The largest absolute Gasteiger partial charge is 0.255 e. The first kappa shape index (κ1) is 16.5. The average molecular weight is 341 g/mol. The third-order valence-corrected chi connectivity index (χ3v) is 4.92. The van der Waals surface area contributed by atoms with E-state index in [2.05, 4.69) is 54.4 Å². The number of allylic oxidation sites excluding steroid dienone is 3. The van der Waals surface area contributed by atoms with E-state index < -0.39 is 0 Å². The predicted molar refractivity (Wildman–Crippen MR) is 105 cm³/mol.